The Bertz CT molecular complexity index is 398. The van der Waals surface area contributed by atoms with Crippen LogP contribution in [0.1, 0.15) is 25.7 Å². The van der Waals surface area contributed by atoms with Gasteiger partial charge in [-0.25, -0.2) is 13.1 Å². The molecule has 0 unspecified atom stereocenters. The van der Waals surface area contributed by atoms with E-state index in [0.29, 0.717) is 12.8 Å². The smallest absolute Gasteiger partial charge is 0.317 e. The van der Waals surface area contributed by atoms with Gasteiger partial charge < -0.3 is 5.32 Å². The van der Waals surface area contributed by atoms with E-state index >= 15 is 0 Å². The third-order valence-electron chi connectivity index (χ3n) is 3.74. The SMILES string of the molecule is O=S(=O)(NCC1(C(F)(F)F)CCNCC1)C1CC1. The van der Waals surface area contributed by atoms with E-state index in [4.69, 9.17) is 0 Å². The Morgan fingerprint density at radius 3 is 2.22 bits per heavy atom. The highest BCUT2D eigenvalue weighted by molar-refractivity contribution is 7.90. The standard InChI is InChI=1S/C10H17F3N2O2S/c11-10(12,13)9(3-5-14-6-4-9)7-15-18(16,17)8-1-2-8/h8,14-15H,1-7H2. The van der Waals surface area contributed by atoms with Gasteiger partial charge in [-0.05, 0) is 38.8 Å². The molecule has 1 aliphatic carbocycles. The molecule has 106 valence electrons. The molecular weight excluding hydrogens is 269 g/mol. The maximum atomic E-state index is 13.1. The van der Waals surface area contributed by atoms with Crippen molar-refractivity contribution < 1.29 is 21.6 Å². The van der Waals surface area contributed by atoms with Crippen LogP contribution in [0.5, 0.6) is 0 Å². The van der Waals surface area contributed by atoms with Crippen LogP contribution in [0.25, 0.3) is 0 Å². The third-order valence-corrected chi connectivity index (χ3v) is 5.63. The van der Waals surface area contributed by atoms with Gasteiger partial charge in [-0.15, -0.1) is 0 Å². The molecule has 2 rings (SSSR count). The van der Waals surface area contributed by atoms with E-state index in [2.05, 4.69) is 10.0 Å². The summed E-state index contributed by atoms with van der Waals surface area (Å²) in [6.07, 6.45) is -3.43. The summed E-state index contributed by atoms with van der Waals surface area (Å²) >= 11 is 0. The zero-order valence-corrected chi connectivity index (χ0v) is 10.7. The van der Waals surface area contributed by atoms with Crippen molar-refractivity contribution in [2.75, 3.05) is 19.6 Å². The van der Waals surface area contributed by atoms with Crippen LogP contribution in [0, 0.1) is 5.41 Å². The predicted octanol–water partition coefficient (Wildman–Crippen LogP) is 1.00. The fourth-order valence-corrected chi connectivity index (χ4v) is 3.67. The molecule has 0 amide bonds. The number of hydrogen-bond acceptors (Lipinski definition) is 3. The van der Waals surface area contributed by atoms with E-state index in [1.54, 1.807) is 0 Å². The second-order valence-corrected chi connectivity index (χ2v) is 7.14. The Hall–Kier alpha value is -0.340. The molecule has 0 atom stereocenters. The molecule has 2 N–H and O–H groups in total. The zero-order chi connectivity index (χ0) is 13.4. The van der Waals surface area contributed by atoms with Gasteiger partial charge in [0.25, 0.3) is 0 Å². The fraction of sp³-hybridized carbons (Fsp3) is 1.00. The van der Waals surface area contributed by atoms with Crippen LogP contribution in [-0.4, -0.2) is 39.5 Å². The Balaban J connectivity index is 2.06. The average molecular weight is 286 g/mol. The van der Waals surface area contributed by atoms with Crippen molar-refractivity contribution in [3.05, 3.63) is 0 Å². The lowest BCUT2D eigenvalue weighted by Gasteiger charge is -2.39. The molecule has 4 nitrogen and oxygen atoms in total. The lowest BCUT2D eigenvalue weighted by molar-refractivity contribution is -0.229. The van der Waals surface area contributed by atoms with Crippen molar-refractivity contribution in [2.24, 2.45) is 5.41 Å². The van der Waals surface area contributed by atoms with Crippen LogP contribution in [0.3, 0.4) is 0 Å². The monoisotopic (exact) mass is 286 g/mol. The van der Waals surface area contributed by atoms with Crippen LogP contribution in [0.2, 0.25) is 0 Å². The van der Waals surface area contributed by atoms with Gasteiger partial charge in [-0.2, -0.15) is 13.2 Å². The second kappa shape index (κ2) is 4.64. The molecule has 0 aromatic heterocycles. The number of rotatable bonds is 4. The largest absolute Gasteiger partial charge is 0.395 e. The molecule has 1 aliphatic heterocycles. The van der Waals surface area contributed by atoms with Gasteiger partial charge in [0, 0.05) is 6.54 Å². The van der Waals surface area contributed by atoms with E-state index < -0.39 is 33.4 Å². The number of sulfonamides is 1. The van der Waals surface area contributed by atoms with Crippen molar-refractivity contribution in [1.82, 2.24) is 10.0 Å². The van der Waals surface area contributed by atoms with E-state index in [1.165, 1.54) is 0 Å². The molecule has 8 heteroatoms. The summed E-state index contributed by atoms with van der Waals surface area (Å²) in [5.41, 5.74) is -1.92. The van der Waals surface area contributed by atoms with Crippen LogP contribution < -0.4 is 10.0 Å². The second-order valence-electron chi connectivity index (χ2n) is 5.09. The number of hydrogen-bond donors (Lipinski definition) is 2. The van der Waals surface area contributed by atoms with Crippen molar-refractivity contribution >= 4 is 10.0 Å². The minimum atomic E-state index is -4.37. The lowest BCUT2D eigenvalue weighted by Crippen LogP contribution is -2.53. The minimum absolute atomic E-state index is 0.0797. The topological polar surface area (TPSA) is 58.2 Å². The first-order chi connectivity index (χ1) is 8.27. The molecule has 1 heterocycles. The van der Waals surface area contributed by atoms with Crippen molar-refractivity contribution in [1.29, 1.82) is 0 Å². The Labute approximate surface area is 104 Å². The highest BCUT2D eigenvalue weighted by Gasteiger charge is 2.55. The molecule has 2 fully saturated rings. The first-order valence-electron chi connectivity index (χ1n) is 6.03. The van der Waals surface area contributed by atoms with E-state index in [1.807, 2.05) is 0 Å². The molecule has 2 aliphatic rings. The van der Waals surface area contributed by atoms with Gasteiger partial charge >= 0.3 is 6.18 Å². The Morgan fingerprint density at radius 2 is 1.78 bits per heavy atom. The molecule has 0 aromatic carbocycles. The van der Waals surface area contributed by atoms with Gasteiger partial charge in [-0.1, -0.05) is 0 Å². The molecule has 0 bridgehead atoms. The summed E-state index contributed by atoms with van der Waals surface area (Å²) in [4.78, 5) is 0. The van der Waals surface area contributed by atoms with E-state index in [9.17, 15) is 21.6 Å². The number of piperidine rings is 1. The number of nitrogens with one attached hydrogen (secondary N) is 2. The predicted molar refractivity (Wildman–Crippen MR) is 60.5 cm³/mol. The Kier molecular flexibility index (Phi) is 3.63. The maximum Gasteiger partial charge on any atom is 0.395 e. The summed E-state index contributed by atoms with van der Waals surface area (Å²) in [7, 11) is -3.56. The first kappa shape index (κ1) is 14.1. The molecule has 0 aromatic rings. The van der Waals surface area contributed by atoms with Crippen LogP contribution in [0.4, 0.5) is 13.2 Å². The number of alkyl halides is 3. The van der Waals surface area contributed by atoms with E-state index in [0.717, 1.165) is 0 Å². The van der Waals surface area contributed by atoms with E-state index in [-0.39, 0.29) is 25.9 Å². The molecular formula is C10H17F3N2O2S. The summed E-state index contributed by atoms with van der Waals surface area (Å²) in [6.45, 7) is 0.00630. The highest BCUT2D eigenvalue weighted by atomic mass is 32.2. The zero-order valence-electron chi connectivity index (χ0n) is 9.89. The van der Waals surface area contributed by atoms with Gasteiger partial charge in [0.1, 0.15) is 0 Å². The average Bonchev–Trinajstić information content (AvgIpc) is 3.10. The summed E-state index contributed by atoms with van der Waals surface area (Å²) < 4.78 is 64.8. The van der Waals surface area contributed by atoms with Crippen molar-refractivity contribution in [3.63, 3.8) is 0 Å². The quantitative estimate of drug-likeness (QED) is 0.810. The van der Waals surface area contributed by atoms with Crippen LogP contribution >= 0.6 is 0 Å². The minimum Gasteiger partial charge on any atom is -0.317 e. The van der Waals surface area contributed by atoms with Crippen LogP contribution in [-0.2, 0) is 10.0 Å². The lowest BCUT2D eigenvalue weighted by atomic mass is 9.78. The van der Waals surface area contributed by atoms with Crippen LogP contribution in [0.15, 0.2) is 0 Å². The van der Waals surface area contributed by atoms with Gasteiger partial charge in [0.05, 0.1) is 10.7 Å². The highest BCUT2D eigenvalue weighted by Crippen LogP contribution is 2.44. The molecule has 1 saturated carbocycles. The first-order valence-corrected chi connectivity index (χ1v) is 7.57. The Morgan fingerprint density at radius 1 is 1.22 bits per heavy atom. The summed E-state index contributed by atoms with van der Waals surface area (Å²) in [6, 6.07) is 0. The van der Waals surface area contributed by atoms with Crippen molar-refractivity contribution in [3.8, 4) is 0 Å². The summed E-state index contributed by atoms with van der Waals surface area (Å²) in [5.74, 6) is 0. The molecule has 0 radical (unpaired) electrons. The fourth-order valence-electron chi connectivity index (χ4n) is 2.20. The third kappa shape index (κ3) is 2.80. The normalized spacial score (nSPS) is 25.1. The van der Waals surface area contributed by atoms with Gasteiger partial charge in [0.2, 0.25) is 10.0 Å². The van der Waals surface area contributed by atoms with Gasteiger partial charge in [-0.3, -0.25) is 0 Å². The number of halogens is 3. The van der Waals surface area contributed by atoms with Crippen molar-refractivity contribution in [2.45, 2.75) is 37.1 Å². The molecule has 0 spiro atoms. The van der Waals surface area contributed by atoms with Gasteiger partial charge in [0.15, 0.2) is 0 Å². The maximum absolute atomic E-state index is 13.1. The summed E-state index contributed by atoms with van der Waals surface area (Å²) in [5, 5.41) is 2.38. The molecule has 1 saturated heterocycles. The molecule has 18 heavy (non-hydrogen) atoms.